The van der Waals surface area contributed by atoms with E-state index in [1.54, 1.807) is 0 Å². The fraction of sp³-hybridized carbons (Fsp3) is 0.400. The Morgan fingerprint density at radius 2 is 1.69 bits per heavy atom. The van der Waals surface area contributed by atoms with Crippen LogP contribution in [-0.2, 0) is 18.1 Å². The first-order valence-electron chi connectivity index (χ1n) is 4.74. The van der Waals surface area contributed by atoms with Crippen LogP contribution >= 0.6 is 7.82 Å². The van der Waals surface area contributed by atoms with Crippen molar-refractivity contribution in [3.05, 3.63) is 30.3 Å². The maximum Gasteiger partial charge on any atom is 0.474 e. The molecule has 90 valence electrons. The molecule has 1 aromatic rings. The molecule has 0 saturated heterocycles. The fourth-order valence-corrected chi connectivity index (χ4v) is 1.66. The molecule has 0 aliphatic rings. The Balaban J connectivity index is 2.24. The Bertz CT molecular complexity index is 332. The fourth-order valence-electron chi connectivity index (χ4n) is 1.01. The summed E-state index contributed by atoms with van der Waals surface area (Å²) >= 11 is 0. The molecule has 6 heteroatoms. The third-order valence-electron chi connectivity index (χ3n) is 1.79. The summed E-state index contributed by atoms with van der Waals surface area (Å²) in [5.74, 6) is 0.732. The van der Waals surface area contributed by atoms with Crippen LogP contribution in [0.4, 0.5) is 0 Å². The van der Waals surface area contributed by atoms with Crippen LogP contribution in [0.15, 0.2) is 30.3 Å². The van der Waals surface area contributed by atoms with Gasteiger partial charge in [0.05, 0.1) is 6.61 Å². The number of ether oxygens (including phenoxy) is 1. The Morgan fingerprint density at radius 1 is 1.06 bits per heavy atom. The van der Waals surface area contributed by atoms with E-state index in [1.165, 1.54) is 14.2 Å². The molecule has 0 aliphatic heterocycles. The molecule has 0 unspecified atom stereocenters. The van der Waals surface area contributed by atoms with E-state index in [1.807, 2.05) is 30.3 Å². The minimum atomic E-state index is -3.38. The second-order valence-corrected chi connectivity index (χ2v) is 4.69. The zero-order chi connectivity index (χ0) is 11.9. The Hall–Kier alpha value is -0.870. The zero-order valence-electron chi connectivity index (χ0n) is 9.29. The van der Waals surface area contributed by atoms with Crippen molar-refractivity contribution in [2.75, 3.05) is 27.4 Å². The number of rotatable bonds is 7. The lowest BCUT2D eigenvalue weighted by atomic mass is 10.3. The van der Waals surface area contributed by atoms with Crippen LogP contribution in [-0.4, -0.2) is 27.4 Å². The van der Waals surface area contributed by atoms with Crippen LogP contribution in [0.2, 0.25) is 0 Å². The predicted octanol–water partition coefficient (Wildman–Crippen LogP) is 2.48. The molecule has 1 aromatic carbocycles. The van der Waals surface area contributed by atoms with E-state index in [0.29, 0.717) is 0 Å². The molecule has 0 heterocycles. The average Bonchev–Trinajstić information content (AvgIpc) is 2.36. The smallest absolute Gasteiger partial charge is 0.474 e. The van der Waals surface area contributed by atoms with Gasteiger partial charge in [-0.1, -0.05) is 18.2 Å². The molecule has 0 aliphatic carbocycles. The largest absolute Gasteiger partial charge is 0.491 e. The number of hydrogen-bond donors (Lipinski definition) is 0. The highest BCUT2D eigenvalue weighted by Crippen LogP contribution is 2.47. The van der Waals surface area contributed by atoms with Gasteiger partial charge in [-0.15, -0.1) is 0 Å². The minimum Gasteiger partial charge on any atom is -0.491 e. The standard InChI is InChI=1S/C10H15O5P/c1-12-16(11,13-2)15-9-8-14-10-6-4-3-5-7-10/h3-7H,8-9H2,1-2H3. The Morgan fingerprint density at radius 3 is 2.25 bits per heavy atom. The van der Waals surface area contributed by atoms with Gasteiger partial charge in [0.1, 0.15) is 12.4 Å². The summed E-state index contributed by atoms with van der Waals surface area (Å²) in [4.78, 5) is 0. The van der Waals surface area contributed by atoms with E-state index < -0.39 is 7.82 Å². The molecule has 0 N–H and O–H groups in total. The van der Waals surface area contributed by atoms with Gasteiger partial charge in [0.25, 0.3) is 0 Å². The van der Waals surface area contributed by atoms with Crippen molar-refractivity contribution in [2.45, 2.75) is 0 Å². The van der Waals surface area contributed by atoms with E-state index in [4.69, 9.17) is 9.26 Å². The van der Waals surface area contributed by atoms with Crippen LogP contribution in [0.5, 0.6) is 5.75 Å². The number of phosphoric acid groups is 1. The first-order chi connectivity index (χ1) is 7.70. The minimum absolute atomic E-state index is 0.133. The maximum atomic E-state index is 11.4. The lowest BCUT2D eigenvalue weighted by Gasteiger charge is -2.13. The molecule has 0 radical (unpaired) electrons. The Kier molecular flexibility index (Phi) is 5.49. The van der Waals surface area contributed by atoms with Crippen LogP contribution < -0.4 is 4.74 Å². The molecule has 16 heavy (non-hydrogen) atoms. The lowest BCUT2D eigenvalue weighted by molar-refractivity contribution is 0.130. The van der Waals surface area contributed by atoms with E-state index in [9.17, 15) is 4.57 Å². The second-order valence-electron chi connectivity index (χ2n) is 2.81. The van der Waals surface area contributed by atoms with Gasteiger partial charge in [-0.05, 0) is 12.1 Å². The summed E-state index contributed by atoms with van der Waals surface area (Å²) in [5.41, 5.74) is 0. The first kappa shape index (κ1) is 13.2. The van der Waals surface area contributed by atoms with Crippen LogP contribution in [0, 0.1) is 0 Å². The number of hydrogen-bond acceptors (Lipinski definition) is 5. The van der Waals surface area contributed by atoms with Gasteiger partial charge in [0.15, 0.2) is 0 Å². The predicted molar refractivity (Wildman–Crippen MR) is 59.5 cm³/mol. The quantitative estimate of drug-likeness (QED) is 0.546. The summed E-state index contributed by atoms with van der Waals surface area (Å²) in [7, 11) is -0.850. The molecule has 5 nitrogen and oxygen atoms in total. The maximum absolute atomic E-state index is 11.4. The highest BCUT2D eigenvalue weighted by molar-refractivity contribution is 7.48. The van der Waals surface area contributed by atoms with Crippen molar-refractivity contribution in [3.8, 4) is 5.75 Å². The van der Waals surface area contributed by atoms with E-state index in [2.05, 4.69) is 9.05 Å². The van der Waals surface area contributed by atoms with E-state index in [-0.39, 0.29) is 13.2 Å². The normalized spacial score (nSPS) is 11.4. The lowest BCUT2D eigenvalue weighted by Crippen LogP contribution is -2.06. The topological polar surface area (TPSA) is 54.0 Å². The van der Waals surface area contributed by atoms with Crippen molar-refractivity contribution in [1.82, 2.24) is 0 Å². The molecule has 0 bridgehead atoms. The molecule has 1 rings (SSSR count). The monoisotopic (exact) mass is 246 g/mol. The van der Waals surface area contributed by atoms with Gasteiger partial charge in [-0.2, -0.15) is 0 Å². The van der Waals surface area contributed by atoms with Crippen LogP contribution in [0.1, 0.15) is 0 Å². The van der Waals surface area contributed by atoms with Gasteiger partial charge in [-0.3, -0.25) is 13.6 Å². The van der Waals surface area contributed by atoms with Crippen molar-refractivity contribution < 1.29 is 22.9 Å². The van der Waals surface area contributed by atoms with E-state index in [0.717, 1.165) is 5.75 Å². The molecular formula is C10H15O5P. The number of para-hydroxylation sites is 1. The molecular weight excluding hydrogens is 231 g/mol. The van der Waals surface area contributed by atoms with Gasteiger partial charge in [0, 0.05) is 14.2 Å². The van der Waals surface area contributed by atoms with Crippen molar-refractivity contribution >= 4 is 7.82 Å². The number of benzene rings is 1. The molecule has 0 aromatic heterocycles. The summed E-state index contributed by atoms with van der Waals surface area (Å²) in [6.07, 6.45) is 0. The summed E-state index contributed by atoms with van der Waals surface area (Å²) in [5, 5.41) is 0. The highest BCUT2D eigenvalue weighted by atomic mass is 31.2. The van der Waals surface area contributed by atoms with Crippen molar-refractivity contribution in [3.63, 3.8) is 0 Å². The van der Waals surface area contributed by atoms with Gasteiger partial charge < -0.3 is 4.74 Å². The van der Waals surface area contributed by atoms with Gasteiger partial charge in [-0.25, -0.2) is 4.57 Å². The third-order valence-corrected chi connectivity index (χ3v) is 3.19. The summed E-state index contributed by atoms with van der Waals surface area (Å²) in [6, 6.07) is 9.28. The molecule has 0 amide bonds. The van der Waals surface area contributed by atoms with Crippen LogP contribution in [0.25, 0.3) is 0 Å². The van der Waals surface area contributed by atoms with Crippen molar-refractivity contribution in [2.24, 2.45) is 0 Å². The SMILES string of the molecule is COP(=O)(OC)OCCOc1ccccc1. The zero-order valence-corrected chi connectivity index (χ0v) is 10.2. The molecule has 0 atom stereocenters. The second kappa shape index (κ2) is 6.66. The van der Waals surface area contributed by atoms with Crippen LogP contribution in [0.3, 0.4) is 0 Å². The van der Waals surface area contributed by atoms with Gasteiger partial charge >= 0.3 is 7.82 Å². The molecule has 0 fully saturated rings. The third kappa shape index (κ3) is 4.33. The molecule has 0 spiro atoms. The van der Waals surface area contributed by atoms with Crippen molar-refractivity contribution in [1.29, 1.82) is 0 Å². The summed E-state index contributed by atoms with van der Waals surface area (Å²) in [6.45, 7) is 0.411. The Labute approximate surface area is 94.9 Å². The highest BCUT2D eigenvalue weighted by Gasteiger charge is 2.21. The number of phosphoric ester groups is 1. The first-order valence-corrected chi connectivity index (χ1v) is 6.20. The van der Waals surface area contributed by atoms with E-state index >= 15 is 0 Å². The molecule has 0 saturated carbocycles. The average molecular weight is 246 g/mol. The van der Waals surface area contributed by atoms with Gasteiger partial charge in [0.2, 0.25) is 0 Å². The summed E-state index contributed by atoms with van der Waals surface area (Å²) < 4.78 is 30.9.